The van der Waals surface area contributed by atoms with E-state index in [4.69, 9.17) is 14.2 Å². The van der Waals surface area contributed by atoms with E-state index >= 15 is 0 Å². The SMILES string of the molecule is C(=NNc1cc(Nc2ccccc2)nc(NN=Cc2ccc3c(c2)NCCO3)n1)c1ccc2c(c1)OCCO2. The van der Waals surface area contributed by atoms with Crippen LogP contribution in [-0.4, -0.2) is 48.8 Å². The predicted octanol–water partition coefficient (Wildman–Crippen LogP) is 4.69. The average molecular weight is 523 g/mol. The Bertz CT molecular complexity index is 1420. The highest BCUT2D eigenvalue weighted by Gasteiger charge is 2.11. The number of para-hydroxylation sites is 1. The minimum atomic E-state index is 0.295. The second-order valence-corrected chi connectivity index (χ2v) is 8.63. The minimum absolute atomic E-state index is 0.295. The van der Waals surface area contributed by atoms with Gasteiger partial charge in [-0.3, -0.25) is 5.43 Å². The number of hydrogen-bond donors (Lipinski definition) is 4. The molecule has 11 heteroatoms. The van der Waals surface area contributed by atoms with Gasteiger partial charge in [-0.1, -0.05) is 18.2 Å². The number of hydrazone groups is 2. The molecular weight excluding hydrogens is 496 g/mol. The van der Waals surface area contributed by atoms with E-state index in [-0.39, 0.29) is 0 Å². The Balaban J connectivity index is 1.18. The van der Waals surface area contributed by atoms with Crippen molar-refractivity contribution in [2.24, 2.45) is 10.2 Å². The fourth-order valence-corrected chi connectivity index (χ4v) is 4.00. The summed E-state index contributed by atoms with van der Waals surface area (Å²) in [5.41, 5.74) is 9.48. The topological polar surface area (TPSA) is 126 Å². The Hall–Kier alpha value is -5.32. The van der Waals surface area contributed by atoms with Crippen LogP contribution in [0.4, 0.5) is 29.0 Å². The molecule has 2 aliphatic rings. The van der Waals surface area contributed by atoms with Crippen LogP contribution in [0.5, 0.6) is 17.2 Å². The maximum absolute atomic E-state index is 5.65. The molecule has 0 saturated carbocycles. The van der Waals surface area contributed by atoms with E-state index in [0.717, 1.165) is 40.5 Å². The number of ether oxygens (including phenoxy) is 3. The van der Waals surface area contributed by atoms with Gasteiger partial charge >= 0.3 is 0 Å². The maximum atomic E-state index is 5.65. The second-order valence-electron chi connectivity index (χ2n) is 8.63. The normalized spacial score (nSPS) is 13.8. The number of hydrogen-bond acceptors (Lipinski definition) is 11. The van der Waals surface area contributed by atoms with Crippen molar-refractivity contribution < 1.29 is 14.2 Å². The van der Waals surface area contributed by atoms with Crippen LogP contribution >= 0.6 is 0 Å². The standard InChI is InChI=1S/C28H26N8O3/c1-2-4-21(5-3-1)32-26-16-27(35-30-18-20-7-9-24-25(15-20)39-13-12-38-24)34-28(33-26)36-31-17-19-6-8-23-22(14-19)29-10-11-37-23/h1-9,14-18,29H,10-13H2,(H3,32,33,34,35,36). The van der Waals surface area contributed by atoms with E-state index in [0.29, 0.717) is 43.2 Å². The van der Waals surface area contributed by atoms with E-state index < -0.39 is 0 Å². The molecule has 39 heavy (non-hydrogen) atoms. The van der Waals surface area contributed by atoms with Gasteiger partial charge in [-0.15, -0.1) is 0 Å². The third-order valence-corrected chi connectivity index (χ3v) is 5.79. The zero-order valence-corrected chi connectivity index (χ0v) is 20.9. The van der Waals surface area contributed by atoms with Gasteiger partial charge in [-0.25, -0.2) is 5.43 Å². The van der Waals surface area contributed by atoms with Gasteiger partial charge in [0.25, 0.3) is 0 Å². The van der Waals surface area contributed by atoms with E-state index in [1.54, 1.807) is 18.5 Å². The zero-order valence-electron chi connectivity index (χ0n) is 20.9. The molecule has 6 rings (SSSR count). The van der Waals surface area contributed by atoms with Crippen LogP contribution in [0.1, 0.15) is 11.1 Å². The van der Waals surface area contributed by atoms with E-state index in [9.17, 15) is 0 Å². The molecule has 0 aliphatic carbocycles. The molecule has 3 aromatic carbocycles. The third-order valence-electron chi connectivity index (χ3n) is 5.79. The van der Waals surface area contributed by atoms with E-state index in [2.05, 4.69) is 41.7 Å². The van der Waals surface area contributed by atoms with Crippen molar-refractivity contribution in [2.45, 2.75) is 0 Å². The van der Waals surface area contributed by atoms with Gasteiger partial charge in [0.2, 0.25) is 5.95 Å². The summed E-state index contributed by atoms with van der Waals surface area (Å²) in [5, 5.41) is 15.3. The Morgan fingerprint density at radius 3 is 2.28 bits per heavy atom. The van der Waals surface area contributed by atoms with E-state index in [1.165, 1.54) is 0 Å². The molecule has 0 atom stereocenters. The van der Waals surface area contributed by atoms with Crippen molar-refractivity contribution in [1.82, 2.24) is 9.97 Å². The van der Waals surface area contributed by atoms with Crippen LogP contribution in [0.3, 0.4) is 0 Å². The third kappa shape index (κ3) is 6.16. The van der Waals surface area contributed by atoms with Crippen molar-refractivity contribution in [3.05, 3.63) is 83.9 Å². The predicted molar refractivity (Wildman–Crippen MR) is 152 cm³/mol. The summed E-state index contributed by atoms with van der Waals surface area (Å²) in [6.07, 6.45) is 3.38. The van der Waals surface area contributed by atoms with Crippen LogP contribution in [0.25, 0.3) is 0 Å². The van der Waals surface area contributed by atoms with E-state index in [1.807, 2.05) is 66.7 Å². The van der Waals surface area contributed by atoms with Crippen molar-refractivity contribution >= 4 is 41.4 Å². The molecule has 0 bridgehead atoms. The number of nitrogens with zero attached hydrogens (tertiary/aromatic N) is 4. The summed E-state index contributed by atoms with van der Waals surface area (Å²) in [7, 11) is 0. The number of aromatic nitrogens is 2. The molecule has 0 saturated heterocycles. The molecule has 0 radical (unpaired) electrons. The Morgan fingerprint density at radius 1 is 0.692 bits per heavy atom. The van der Waals surface area contributed by atoms with Gasteiger partial charge < -0.3 is 24.8 Å². The lowest BCUT2D eigenvalue weighted by Crippen LogP contribution is -2.18. The van der Waals surface area contributed by atoms with Gasteiger partial charge in [0.1, 0.15) is 31.4 Å². The molecule has 0 amide bonds. The maximum Gasteiger partial charge on any atom is 0.247 e. The van der Waals surface area contributed by atoms with Gasteiger partial charge in [0, 0.05) is 18.3 Å². The summed E-state index contributed by atoms with van der Waals surface area (Å²) in [6, 6.07) is 23.0. The first-order valence-corrected chi connectivity index (χ1v) is 12.5. The lowest BCUT2D eigenvalue weighted by molar-refractivity contribution is 0.171. The lowest BCUT2D eigenvalue weighted by Gasteiger charge is -2.19. The largest absolute Gasteiger partial charge is 0.490 e. The van der Waals surface area contributed by atoms with Gasteiger partial charge in [-0.05, 0) is 59.7 Å². The molecule has 0 unspecified atom stereocenters. The van der Waals surface area contributed by atoms with Crippen molar-refractivity contribution in [3.63, 3.8) is 0 Å². The van der Waals surface area contributed by atoms with Crippen molar-refractivity contribution in [3.8, 4) is 17.2 Å². The average Bonchev–Trinajstić information content (AvgIpc) is 2.97. The summed E-state index contributed by atoms with van der Waals surface area (Å²) < 4.78 is 16.9. The fraction of sp³-hybridized carbons (Fsp3) is 0.143. The minimum Gasteiger partial charge on any atom is -0.490 e. The Morgan fingerprint density at radius 2 is 1.41 bits per heavy atom. The van der Waals surface area contributed by atoms with Crippen LogP contribution in [0.2, 0.25) is 0 Å². The Kier molecular flexibility index (Phi) is 7.02. The molecule has 4 aromatic rings. The van der Waals surface area contributed by atoms with Crippen LogP contribution < -0.4 is 35.7 Å². The number of fused-ring (bicyclic) bond motifs is 2. The highest BCUT2D eigenvalue weighted by molar-refractivity contribution is 5.83. The van der Waals surface area contributed by atoms with Gasteiger partial charge in [0.05, 0.1) is 18.1 Å². The molecule has 0 spiro atoms. The molecule has 0 fully saturated rings. The number of anilines is 5. The van der Waals surface area contributed by atoms with Crippen LogP contribution in [0.15, 0.2) is 83.0 Å². The first-order valence-electron chi connectivity index (χ1n) is 12.5. The van der Waals surface area contributed by atoms with Gasteiger partial charge in [-0.2, -0.15) is 20.2 Å². The first-order chi connectivity index (χ1) is 19.3. The smallest absolute Gasteiger partial charge is 0.247 e. The molecule has 11 nitrogen and oxygen atoms in total. The number of rotatable bonds is 8. The molecule has 3 heterocycles. The molecule has 2 aliphatic heterocycles. The van der Waals surface area contributed by atoms with Crippen molar-refractivity contribution in [1.29, 1.82) is 0 Å². The van der Waals surface area contributed by atoms with Crippen LogP contribution in [0, 0.1) is 0 Å². The highest BCUT2D eigenvalue weighted by atomic mass is 16.6. The van der Waals surface area contributed by atoms with Crippen LogP contribution in [-0.2, 0) is 0 Å². The number of nitrogens with one attached hydrogen (secondary N) is 4. The molecule has 196 valence electrons. The Labute approximate surface area is 224 Å². The first kappa shape index (κ1) is 24.0. The fourth-order valence-electron chi connectivity index (χ4n) is 4.00. The van der Waals surface area contributed by atoms with Gasteiger partial charge in [0.15, 0.2) is 17.3 Å². The highest BCUT2D eigenvalue weighted by Crippen LogP contribution is 2.30. The zero-order chi connectivity index (χ0) is 26.3. The summed E-state index contributed by atoms with van der Waals surface area (Å²) in [6.45, 7) is 2.51. The summed E-state index contributed by atoms with van der Waals surface area (Å²) in [5.74, 6) is 3.61. The van der Waals surface area contributed by atoms with Crippen molar-refractivity contribution in [2.75, 3.05) is 47.9 Å². The quantitative estimate of drug-likeness (QED) is 0.193. The molecule has 1 aromatic heterocycles. The lowest BCUT2D eigenvalue weighted by atomic mass is 10.2. The monoisotopic (exact) mass is 522 g/mol. The summed E-state index contributed by atoms with van der Waals surface area (Å²) >= 11 is 0. The second kappa shape index (κ2) is 11.4. The number of benzene rings is 3. The molecular formula is C28H26N8O3. The molecule has 4 N–H and O–H groups in total. The summed E-state index contributed by atoms with van der Waals surface area (Å²) in [4.78, 5) is 9.04.